The maximum Gasteiger partial charge on any atom is 0.0741 e. The Hall–Kier alpha value is -0.120. The first-order valence-corrected chi connectivity index (χ1v) is 6.80. The molecular weight excluding hydrogens is 200 g/mol. The van der Waals surface area contributed by atoms with Crippen LogP contribution < -0.4 is 5.32 Å². The van der Waals surface area contributed by atoms with Crippen molar-refractivity contribution in [1.82, 2.24) is 10.2 Å². The predicted molar refractivity (Wildman–Crippen MR) is 66.5 cm³/mol. The van der Waals surface area contributed by atoms with E-state index in [1.165, 1.54) is 38.8 Å². The maximum atomic E-state index is 9.97. The van der Waals surface area contributed by atoms with E-state index < -0.39 is 5.60 Å². The standard InChI is InChI=1S/C13H26N2O/c1-3-13(2,16)10-14-11-6-8-15-7-4-5-12(15)9-11/h11-12,14,16H,3-10H2,1-2H3. The van der Waals surface area contributed by atoms with Gasteiger partial charge in [-0.25, -0.2) is 0 Å². The van der Waals surface area contributed by atoms with Crippen molar-refractivity contribution in [2.24, 2.45) is 0 Å². The highest BCUT2D eigenvalue weighted by molar-refractivity contribution is 4.90. The van der Waals surface area contributed by atoms with Gasteiger partial charge in [0.2, 0.25) is 0 Å². The molecule has 2 aliphatic rings. The van der Waals surface area contributed by atoms with Crippen LogP contribution in [0.25, 0.3) is 0 Å². The Balaban J connectivity index is 1.75. The average molecular weight is 226 g/mol. The minimum absolute atomic E-state index is 0.535. The van der Waals surface area contributed by atoms with Crippen LogP contribution in [-0.4, -0.2) is 47.3 Å². The Labute approximate surface area is 99.2 Å². The normalized spacial score (nSPS) is 34.7. The number of rotatable bonds is 4. The molecule has 3 unspecified atom stereocenters. The summed E-state index contributed by atoms with van der Waals surface area (Å²) in [5.41, 5.74) is -0.535. The molecule has 0 saturated carbocycles. The van der Waals surface area contributed by atoms with Crippen LogP contribution >= 0.6 is 0 Å². The molecule has 0 aromatic rings. The van der Waals surface area contributed by atoms with Crippen LogP contribution in [0.5, 0.6) is 0 Å². The molecule has 0 amide bonds. The fourth-order valence-electron chi connectivity index (χ4n) is 2.90. The van der Waals surface area contributed by atoms with Crippen LogP contribution in [0.1, 0.15) is 46.0 Å². The molecule has 3 atom stereocenters. The van der Waals surface area contributed by atoms with Crippen molar-refractivity contribution in [2.75, 3.05) is 19.6 Å². The second-order valence-electron chi connectivity index (χ2n) is 5.78. The Morgan fingerprint density at radius 3 is 2.94 bits per heavy atom. The highest BCUT2D eigenvalue weighted by atomic mass is 16.3. The molecule has 0 aliphatic carbocycles. The van der Waals surface area contributed by atoms with Gasteiger partial charge in [0.25, 0.3) is 0 Å². The van der Waals surface area contributed by atoms with Crippen molar-refractivity contribution >= 4 is 0 Å². The van der Waals surface area contributed by atoms with Gasteiger partial charge in [-0.2, -0.15) is 0 Å². The highest BCUT2D eigenvalue weighted by Gasteiger charge is 2.32. The highest BCUT2D eigenvalue weighted by Crippen LogP contribution is 2.27. The van der Waals surface area contributed by atoms with E-state index in [4.69, 9.17) is 0 Å². The Morgan fingerprint density at radius 1 is 1.38 bits per heavy atom. The fraction of sp³-hybridized carbons (Fsp3) is 1.00. The van der Waals surface area contributed by atoms with Gasteiger partial charge in [0.05, 0.1) is 5.60 Å². The molecule has 0 radical (unpaired) electrons. The molecule has 3 nitrogen and oxygen atoms in total. The lowest BCUT2D eigenvalue weighted by molar-refractivity contribution is 0.0477. The SMILES string of the molecule is CCC(C)(O)CNC1CCN2CCCC2C1. The second kappa shape index (κ2) is 5.03. The smallest absolute Gasteiger partial charge is 0.0741 e. The molecule has 16 heavy (non-hydrogen) atoms. The lowest BCUT2D eigenvalue weighted by atomic mass is 9.96. The number of nitrogens with one attached hydrogen (secondary N) is 1. The zero-order valence-corrected chi connectivity index (χ0v) is 10.7. The molecule has 2 N–H and O–H groups in total. The van der Waals surface area contributed by atoms with Gasteiger partial charge in [0.1, 0.15) is 0 Å². The van der Waals surface area contributed by atoms with E-state index in [-0.39, 0.29) is 0 Å². The van der Waals surface area contributed by atoms with Gasteiger partial charge in [0, 0.05) is 18.6 Å². The van der Waals surface area contributed by atoms with Gasteiger partial charge in [0.15, 0.2) is 0 Å². The number of nitrogens with zero attached hydrogens (tertiary/aromatic N) is 1. The molecule has 94 valence electrons. The third kappa shape index (κ3) is 2.96. The summed E-state index contributed by atoms with van der Waals surface area (Å²) in [5.74, 6) is 0. The topological polar surface area (TPSA) is 35.5 Å². The van der Waals surface area contributed by atoms with Gasteiger partial charge >= 0.3 is 0 Å². The molecule has 0 aromatic carbocycles. The molecule has 0 aromatic heterocycles. The molecule has 2 aliphatic heterocycles. The first-order valence-electron chi connectivity index (χ1n) is 6.80. The van der Waals surface area contributed by atoms with E-state index in [9.17, 15) is 5.11 Å². The van der Waals surface area contributed by atoms with Crippen molar-refractivity contribution in [1.29, 1.82) is 0 Å². The largest absolute Gasteiger partial charge is 0.389 e. The van der Waals surface area contributed by atoms with Crippen molar-refractivity contribution in [3.63, 3.8) is 0 Å². The van der Waals surface area contributed by atoms with Crippen molar-refractivity contribution in [3.8, 4) is 0 Å². The van der Waals surface area contributed by atoms with E-state index in [0.29, 0.717) is 6.04 Å². The quantitative estimate of drug-likeness (QED) is 0.760. The van der Waals surface area contributed by atoms with Crippen LogP contribution in [0.4, 0.5) is 0 Å². The van der Waals surface area contributed by atoms with E-state index >= 15 is 0 Å². The van der Waals surface area contributed by atoms with Crippen molar-refractivity contribution < 1.29 is 5.11 Å². The summed E-state index contributed by atoms with van der Waals surface area (Å²) in [6.07, 6.45) is 6.10. The minimum Gasteiger partial charge on any atom is -0.389 e. The molecule has 3 heteroatoms. The van der Waals surface area contributed by atoms with Crippen LogP contribution in [0.2, 0.25) is 0 Å². The molecule has 0 bridgehead atoms. The van der Waals surface area contributed by atoms with Crippen LogP contribution in [0.15, 0.2) is 0 Å². The molecular formula is C13H26N2O. The zero-order valence-electron chi connectivity index (χ0n) is 10.7. The number of hydrogen-bond donors (Lipinski definition) is 2. The molecule has 2 fully saturated rings. The Bertz CT molecular complexity index is 230. The van der Waals surface area contributed by atoms with Gasteiger partial charge in [-0.3, -0.25) is 0 Å². The molecule has 2 rings (SSSR count). The summed E-state index contributed by atoms with van der Waals surface area (Å²) in [6.45, 7) is 7.26. The van der Waals surface area contributed by atoms with E-state index in [2.05, 4.69) is 10.2 Å². The summed E-state index contributed by atoms with van der Waals surface area (Å²) in [6, 6.07) is 1.44. The van der Waals surface area contributed by atoms with Gasteiger partial charge < -0.3 is 15.3 Å². The van der Waals surface area contributed by atoms with Crippen molar-refractivity contribution in [3.05, 3.63) is 0 Å². The minimum atomic E-state index is -0.535. The third-order valence-corrected chi connectivity index (χ3v) is 4.35. The summed E-state index contributed by atoms with van der Waals surface area (Å²) in [7, 11) is 0. The maximum absolute atomic E-state index is 9.97. The first-order chi connectivity index (χ1) is 7.61. The summed E-state index contributed by atoms with van der Waals surface area (Å²) in [5, 5.41) is 13.5. The second-order valence-corrected chi connectivity index (χ2v) is 5.78. The van der Waals surface area contributed by atoms with Gasteiger partial charge in [-0.15, -0.1) is 0 Å². The lowest BCUT2D eigenvalue weighted by Crippen LogP contribution is -2.49. The van der Waals surface area contributed by atoms with E-state index in [0.717, 1.165) is 19.0 Å². The lowest BCUT2D eigenvalue weighted by Gasteiger charge is -2.36. The van der Waals surface area contributed by atoms with Crippen molar-refractivity contribution in [2.45, 2.75) is 63.6 Å². The van der Waals surface area contributed by atoms with E-state index in [1.54, 1.807) is 0 Å². The van der Waals surface area contributed by atoms with Crippen LogP contribution in [-0.2, 0) is 0 Å². The van der Waals surface area contributed by atoms with Gasteiger partial charge in [-0.1, -0.05) is 6.92 Å². The Morgan fingerprint density at radius 2 is 2.19 bits per heavy atom. The monoisotopic (exact) mass is 226 g/mol. The third-order valence-electron chi connectivity index (χ3n) is 4.35. The summed E-state index contributed by atoms with van der Waals surface area (Å²) >= 11 is 0. The number of hydrogen-bond acceptors (Lipinski definition) is 3. The first kappa shape index (κ1) is 12.3. The van der Waals surface area contributed by atoms with Crippen LogP contribution in [0.3, 0.4) is 0 Å². The summed E-state index contributed by atoms with van der Waals surface area (Å²) < 4.78 is 0. The number of aliphatic hydroxyl groups is 1. The summed E-state index contributed by atoms with van der Waals surface area (Å²) in [4.78, 5) is 2.64. The van der Waals surface area contributed by atoms with Gasteiger partial charge in [-0.05, 0) is 52.1 Å². The average Bonchev–Trinajstić information content (AvgIpc) is 2.73. The van der Waals surface area contributed by atoms with E-state index in [1.807, 2.05) is 13.8 Å². The molecule has 2 saturated heterocycles. The fourth-order valence-corrected chi connectivity index (χ4v) is 2.90. The van der Waals surface area contributed by atoms with Crippen LogP contribution in [0, 0.1) is 0 Å². The number of fused-ring (bicyclic) bond motifs is 1. The molecule has 2 heterocycles. The Kier molecular flexibility index (Phi) is 3.88. The predicted octanol–water partition coefficient (Wildman–Crippen LogP) is 1.36. The number of piperidine rings is 1. The zero-order chi connectivity index (χ0) is 11.6. The molecule has 0 spiro atoms.